The van der Waals surface area contributed by atoms with Crippen LogP contribution in [0.25, 0.3) is 0 Å². The number of ether oxygens (including phenoxy) is 1. The number of anilines is 1. The summed E-state index contributed by atoms with van der Waals surface area (Å²) >= 11 is 0. The van der Waals surface area contributed by atoms with Crippen LogP contribution >= 0.6 is 0 Å². The molecule has 0 aliphatic carbocycles. The third-order valence-electron chi connectivity index (χ3n) is 2.84. The van der Waals surface area contributed by atoms with Gasteiger partial charge in [0.15, 0.2) is 17.5 Å². The highest BCUT2D eigenvalue weighted by Gasteiger charge is 2.18. The lowest BCUT2D eigenvalue weighted by atomic mass is 10.2. The lowest BCUT2D eigenvalue weighted by Gasteiger charge is -2.10. The number of hydrogen-bond acceptors (Lipinski definition) is 3. The molecule has 4 nitrogen and oxygen atoms in total. The Labute approximate surface area is 124 Å². The first kappa shape index (κ1) is 15.7. The molecule has 1 amide bonds. The minimum absolute atomic E-state index is 0.0472. The van der Waals surface area contributed by atoms with Crippen LogP contribution in [0.15, 0.2) is 36.4 Å². The highest BCUT2D eigenvalue weighted by atomic mass is 19.2. The van der Waals surface area contributed by atoms with E-state index in [-0.39, 0.29) is 13.2 Å². The first-order chi connectivity index (χ1) is 10.5. The minimum Gasteiger partial charge on any atom is -0.490 e. The molecule has 116 valence electrons. The van der Waals surface area contributed by atoms with E-state index in [1.54, 1.807) is 24.3 Å². The zero-order valence-corrected chi connectivity index (χ0v) is 11.4. The van der Waals surface area contributed by atoms with Gasteiger partial charge in [0.25, 0.3) is 5.91 Å². The van der Waals surface area contributed by atoms with Crippen LogP contribution in [0.1, 0.15) is 10.4 Å². The first-order valence-corrected chi connectivity index (χ1v) is 6.39. The molecule has 0 bridgehead atoms. The molecule has 0 aliphatic rings. The number of benzene rings is 2. The Hall–Kier alpha value is -2.70. The molecule has 0 heterocycles. The van der Waals surface area contributed by atoms with Crippen LogP contribution in [0, 0.1) is 17.5 Å². The molecule has 0 fully saturated rings. The number of carbonyl (C=O) groups is 1. The van der Waals surface area contributed by atoms with Crippen LogP contribution in [0.2, 0.25) is 0 Å². The van der Waals surface area contributed by atoms with Crippen molar-refractivity contribution in [1.82, 2.24) is 5.32 Å². The molecule has 0 spiro atoms. The van der Waals surface area contributed by atoms with E-state index in [1.165, 1.54) is 0 Å². The Morgan fingerprint density at radius 3 is 2.55 bits per heavy atom. The molecule has 0 radical (unpaired) electrons. The lowest BCUT2D eigenvalue weighted by Crippen LogP contribution is -2.29. The fraction of sp³-hybridized carbons (Fsp3) is 0.133. The van der Waals surface area contributed by atoms with Crippen LogP contribution in [-0.4, -0.2) is 19.1 Å². The van der Waals surface area contributed by atoms with Crippen molar-refractivity contribution >= 4 is 11.6 Å². The summed E-state index contributed by atoms with van der Waals surface area (Å²) in [4.78, 5) is 11.7. The molecular weight excluding hydrogens is 297 g/mol. The molecule has 2 aromatic rings. The van der Waals surface area contributed by atoms with Gasteiger partial charge in [-0.25, -0.2) is 13.2 Å². The molecule has 0 saturated heterocycles. The molecule has 3 N–H and O–H groups in total. The van der Waals surface area contributed by atoms with E-state index in [0.29, 0.717) is 17.5 Å². The number of amides is 1. The molecule has 2 rings (SSSR count). The number of halogens is 3. The van der Waals surface area contributed by atoms with E-state index < -0.39 is 28.9 Å². The maximum absolute atomic E-state index is 13.4. The Kier molecular flexibility index (Phi) is 4.88. The number of rotatable bonds is 5. The molecule has 0 saturated carbocycles. The molecule has 22 heavy (non-hydrogen) atoms. The van der Waals surface area contributed by atoms with Crippen molar-refractivity contribution in [2.45, 2.75) is 0 Å². The summed E-state index contributed by atoms with van der Waals surface area (Å²) in [5, 5.41) is 2.34. The van der Waals surface area contributed by atoms with Gasteiger partial charge in [-0.15, -0.1) is 0 Å². The summed E-state index contributed by atoms with van der Waals surface area (Å²) < 4.78 is 44.6. The minimum atomic E-state index is -1.68. The van der Waals surface area contributed by atoms with Gasteiger partial charge in [-0.3, -0.25) is 4.79 Å². The standard InChI is InChI=1S/C15H13F3N2O2/c16-10-6-5-9(13(17)14(10)18)15(21)20-7-8-22-12-4-2-1-3-11(12)19/h1-6H,7-8,19H2,(H,20,21). The molecule has 0 unspecified atom stereocenters. The summed E-state index contributed by atoms with van der Waals surface area (Å²) in [6.45, 7) is 0.136. The van der Waals surface area contributed by atoms with E-state index in [4.69, 9.17) is 10.5 Å². The number of carbonyl (C=O) groups excluding carboxylic acids is 1. The summed E-state index contributed by atoms with van der Waals surface area (Å²) in [5.74, 6) is -4.96. The fourth-order valence-electron chi connectivity index (χ4n) is 1.73. The van der Waals surface area contributed by atoms with Crippen molar-refractivity contribution in [3.05, 3.63) is 59.4 Å². The average Bonchev–Trinajstić information content (AvgIpc) is 2.50. The van der Waals surface area contributed by atoms with Crippen LogP contribution in [-0.2, 0) is 0 Å². The van der Waals surface area contributed by atoms with Crippen molar-refractivity contribution in [2.24, 2.45) is 0 Å². The van der Waals surface area contributed by atoms with Crippen LogP contribution < -0.4 is 15.8 Å². The van der Waals surface area contributed by atoms with Gasteiger partial charge in [-0.2, -0.15) is 0 Å². The predicted molar refractivity (Wildman–Crippen MR) is 75.0 cm³/mol. The molecule has 0 aliphatic heterocycles. The van der Waals surface area contributed by atoms with Gasteiger partial charge in [0, 0.05) is 0 Å². The number of nitrogens with two attached hydrogens (primary N) is 1. The normalized spacial score (nSPS) is 10.3. The van der Waals surface area contributed by atoms with Crippen molar-refractivity contribution in [1.29, 1.82) is 0 Å². The van der Waals surface area contributed by atoms with Gasteiger partial charge in [-0.1, -0.05) is 12.1 Å². The SMILES string of the molecule is Nc1ccccc1OCCNC(=O)c1ccc(F)c(F)c1F. The lowest BCUT2D eigenvalue weighted by molar-refractivity contribution is 0.0941. The largest absolute Gasteiger partial charge is 0.490 e. The zero-order valence-electron chi connectivity index (χ0n) is 11.4. The quantitative estimate of drug-likeness (QED) is 0.507. The average molecular weight is 310 g/mol. The van der Waals surface area contributed by atoms with E-state index in [2.05, 4.69) is 5.32 Å². The van der Waals surface area contributed by atoms with Gasteiger partial charge in [-0.05, 0) is 24.3 Å². The fourth-order valence-corrected chi connectivity index (χ4v) is 1.73. The third kappa shape index (κ3) is 3.49. The summed E-state index contributed by atoms with van der Waals surface area (Å²) in [6, 6.07) is 8.36. The second-order valence-electron chi connectivity index (χ2n) is 4.37. The molecule has 0 aromatic heterocycles. The molecule has 2 aromatic carbocycles. The maximum Gasteiger partial charge on any atom is 0.254 e. The Balaban J connectivity index is 1.89. The van der Waals surface area contributed by atoms with Gasteiger partial charge >= 0.3 is 0 Å². The second-order valence-corrected chi connectivity index (χ2v) is 4.37. The van der Waals surface area contributed by atoms with Gasteiger partial charge < -0.3 is 15.8 Å². The Morgan fingerprint density at radius 2 is 1.82 bits per heavy atom. The third-order valence-corrected chi connectivity index (χ3v) is 2.84. The molecular formula is C15H13F3N2O2. The first-order valence-electron chi connectivity index (χ1n) is 6.39. The highest BCUT2D eigenvalue weighted by Crippen LogP contribution is 2.19. The van der Waals surface area contributed by atoms with Gasteiger partial charge in [0.2, 0.25) is 0 Å². The Bertz CT molecular complexity index is 692. The van der Waals surface area contributed by atoms with Crippen LogP contribution in [0.3, 0.4) is 0 Å². The van der Waals surface area contributed by atoms with Crippen LogP contribution in [0.5, 0.6) is 5.75 Å². The zero-order chi connectivity index (χ0) is 16.1. The number of hydrogen-bond donors (Lipinski definition) is 2. The van der Waals surface area contributed by atoms with Crippen molar-refractivity contribution < 1.29 is 22.7 Å². The number of nitrogens with one attached hydrogen (secondary N) is 1. The van der Waals surface area contributed by atoms with E-state index in [9.17, 15) is 18.0 Å². The van der Waals surface area contributed by atoms with E-state index >= 15 is 0 Å². The summed E-state index contributed by atoms with van der Waals surface area (Å²) in [7, 11) is 0. The highest BCUT2D eigenvalue weighted by molar-refractivity contribution is 5.94. The summed E-state index contributed by atoms with van der Waals surface area (Å²) in [5.41, 5.74) is 5.54. The monoisotopic (exact) mass is 310 g/mol. The topological polar surface area (TPSA) is 64.3 Å². The van der Waals surface area contributed by atoms with Gasteiger partial charge in [0.1, 0.15) is 12.4 Å². The number of nitrogen functional groups attached to an aromatic ring is 1. The number of para-hydroxylation sites is 2. The van der Waals surface area contributed by atoms with Crippen molar-refractivity contribution in [3.8, 4) is 5.75 Å². The molecule has 0 atom stereocenters. The maximum atomic E-state index is 13.4. The molecule has 7 heteroatoms. The van der Waals surface area contributed by atoms with E-state index in [1.807, 2.05) is 0 Å². The van der Waals surface area contributed by atoms with Gasteiger partial charge in [0.05, 0.1) is 17.8 Å². The van der Waals surface area contributed by atoms with E-state index in [0.717, 1.165) is 6.07 Å². The predicted octanol–water partition coefficient (Wildman–Crippen LogP) is 2.49. The Morgan fingerprint density at radius 1 is 1.09 bits per heavy atom. The smallest absolute Gasteiger partial charge is 0.254 e. The second kappa shape index (κ2) is 6.84. The van der Waals surface area contributed by atoms with Crippen molar-refractivity contribution in [2.75, 3.05) is 18.9 Å². The van der Waals surface area contributed by atoms with Crippen LogP contribution in [0.4, 0.5) is 18.9 Å². The van der Waals surface area contributed by atoms with Crippen molar-refractivity contribution in [3.63, 3.8) is 0 Å². The summed E-state index contributed by atoms with van der Waals surface area (Å²) in [6.07, 6.45) is 0.